The van der Waals surface area contributed by atoms with E-state index < -0.39 is 16.5 Å². The average Bonchev–Trinajstić information content (AvgIpc) is 2.58. The summed E-state index contributed by atoms with van der Waals surface area (Å²) in [5.74, 6) is 1.54. The minimum absolute atomic E-state index is 0.323. The second-order valence-electron chi connectivity index (χ2n) is 3.53. The van der Waals surface area contributed by atoms with Gasteiger partial charge in [-0.2, -0.15) is 0 Å². The van der Waals surface area contributed by atoms with E-state index >= 15 is 0 Å². The molecule has 4 N–H and O–H groups in total. The second kappa shape index (κ2) is 5.16. The average molecular weight is 392 g/mol. The molecular weight excluding hydrogens is 378 g/mol. The Balaban J connectivity index is 0.000000213. The fourth-order valence-corrected chi connectivity index (χ4v) is 2.38. The van der Waals surface area contributed by atoms with Crippen LogP contribution in [0.2, 0.25) is 0 Å². The number of hydrogen-bond donors (Lipinski definition) is 2. The summed E-state index contributed by atoms with van der Waals surface area (Å²) in [6.07, 6.45) is 3.97. The standard InChI is InChI=1S/C7H14N2.2ClH.Pt/c8-6-4-1-2-5(3-4)7(6)9;;;/h4-7H,1-3,8-9H2;2*1H;/q;;;+2/p-2/t4-,5+,6?,7?;;;. The molecule has 2 rings (SSSR count). The summed E-state index contributed by atoms with van der Waals surface area (Å²) in [7, 11) is 9.75. The summed E-state index contributed by atoms with van der Waals surface area (Å²) < 4.78 is 0. The van der Waals surface area contributed by atoms with Crippen molar-refractivity contribution in [1.29, 1.82) is 0 Å². The molecule has 2 nitrogen and oxygen atoms in total. The van der Waals surface area contributed by atoms with Crippen LogP contribution in [0.3, 0.4) is 0 Å². The van der Waals surface area contributed by atoms with Crippen molar-refractivity contribution in [2.24, 2.45) is 23.3 Å². The maximum absolute atomic E-state index is 5.84. The van der Waals surface area contributed by atoms with Gasteiger partial charge in [-0.1, -0.05) is 0 Å². The zero-order chi connectivity index (χ0) is 9.14. The Bertz CT molecular complexity index is 129. The third-order valence-electron chi connectivity index (χ3n) is 3.05. The van der Waals surface area contributed by atoms with Crippen LogP contribution in [0.25, 0.3) is 0 Å². The van der Waals surface area contributed by atoms with Crippen LogP contribution in [0.15, 0.2) is 0 Å². The molecule has 2 aliphatic carbocycles. The van der Waals surface area contributed by atoms with Crippen molar-refractivity contribution < 1.29 is 16.5 Å². The molecular formula is C7H14Cl2N2Pt. The van der Waals surface area contributed by atoms with Gasteiger partial charge in [0, 0.05) is 12.1 Å². The predicted octanol–water partition coefficient (Wildman–Crippen LogP) is 1.45. The molecule has 0 aromatic rings. The molecule has 0 amide bonds. The predicted molar refractivity (Wildman–Crippen MR) is 48.5 cm³/mol. The number of fused-ring (bicyclic) bond motifs is 2. The Morgan fingerprint density at radius 2 is 1.33 bits per heavy atom. The van der Waals surface area contributed by atoms with E-state index in [1.54, 1.807) is 0 Å². The summed E-state index contributed by atoms with van der Waals surface area (Å²) >= 11 is -0.472. The molecule has 0 aromatic carbocycles. The molecule has 0 radical (unpaired) electrons. The zero-order valence-corrected chi connectivity index (χ0v) is 10.4. The van der Waals surface area contributed by atoms with Crippen LogP contribution >= 0.6 is 18.8 Å². The van der Waals surface area contributed by atoms with Gasteiger partial charge in [0.1, 0.15) is 0 Å². The van der Waals surface area contributed by atoms with Crippen LogP contribution < -0.4 is 11.5 Å². The van der Waals surface area contributed by atoms with Gasteiger partial charge in [-0.15, -0.1) is 0 Å². The van der Waals surface area contributed by atoms with Crippen molar-refractivity contribution in [2.45, 2.75) is 31.3 Å². The molecule has 12 heavy (non-hydrogen) atoms. The fourth-order valence-electron chi connectivity index (χ4n) is 2.38. The number of nitrogens with two attached hydrogens (primary N) is 2. The molecule has 4 atom stereocenters. The van der Waals surface area contributed by atoms with Crippen molar-refractivity contribution in [3.63, 3.8) is 0 Å². The second-order valence-corrected chi connectivity index (χ2v) is 6.82. The molecule has 0 aliphatic heterocycles. The maximum atomic E-state index is 5.84. The van der Waals surface area contributed by atoms with E-state index in [9.17, 15) is 0 Å². The third-order valence-corrected chi connectivity index (χ3v) is 3.05. The summed E-state index contributed by atoms with van der Waals surface area (Å²) in [6, 6.07) is 0.646. The first kappa shape index (κ1) is 11.3. The molecule has 0 aromatic heterocycles. The number of halogens is 2. The molecule has 2 unspecified atom stereocenters. The molecule has 0 spiro atoms. The third kappa shape index (κ3) is 2.36. The normalized spacial score (nSPS) is 44.3. The molecule has 2 bridgehead atoms. The van der Waals surface area contributed by atoms with E-state index in [-0.39, 0.29) is 0 Å². The Morgan fingerprint density at radius 1 is 1.00 bits per heavy atom. The summed E-state index contributed by atoms with van der Waals surface area (Å²) in [5, 5.41) is 0. The van der Waals surface area contributed by atoms with Gasteiger partial charge in [-0.25, -0.2) is 0 Å². The first-order valence-electron chi connectivity index (χ1n) is 4.04. The van der Waals surface area contributed by atoms with E-state index in [0.29, 0.717) is 12.1 Å². The number of rotatable bonds is 0. The molecule has 0 heterocycles. The molecule has 76 valence electrons. The quantitative estimate of drug-likeness (QED) is 0.656. The minimum atomic E-state index is -0.472. The first-order valence-corrected chi connectivity index (χ1v) is 9.67. The van der Waals surface area contributed by atoms with Gasteiger partial charge in [0.2, 0.25) is 0 Å². The Morgan fingerprint density at radius 3 is 1.50 bits per heavy atom. The van der Waals surface area contributed by atoms with Crippen LogP contribution in [-0.4, -0.2) is 12.1 Å². The first-order chi connectivity index (χ1) is 5.70. The van der Waals surface area contributed by atoms with Gasteiger partial charge >= 0.3 is 35.3 Å². The Labute approximate surface area is 89.7 Å². The van der Waals surface area contributed by atoms with E-state index in [1.165, 1.54) is 19.3 Å². The van der Waals surface area contributed by atoms with Crippen molar-refractivity contribution in [1.82, 2.24) is 0 Å². The molecule has 2 fully saturated rings. The van der Waals surface area contributed by atoms with Gasteiger partial charge in [0.25, 0.3) is 0 Å². The molecule has 5 heteroatoms. The van der Waals surface area contributed by atoms with Crippen LogP contribution in [0.4, 0.5) is 0 Å². The van der Waals surface area contributed by atoms with Gasteiger partial charge < -0.3 is 11.5 Å². The van der Waals surface area contributed by atoms with Crippen LogP contribution in [0, 0.1) is 11.8 Å². The molecule has 0 saturated heterocycles. The van der Waals surface area contributed by atoms with Crippen LogP contribution in [0.1, 0.15) is 19.3 Å². The summed E-state index contributed by atoms with van der Waals surface area (Å²) in [6.45, 7) is 0. The zero-order valence-electron chi connectivity index (χ0n) is 6.66. The number of hydrogen-bond acceptors (Lipinski definition) is 2. The van der Waals surface area contributed by atoms with Gasteiger partial charge in [-0.05, 0) is 31.1 Å². The topological polar surface area (TPSA) is 52.0 Å². The van der Waals surface area contributed by atoms with Gasteiger partial charge in [-0.3, -0.25) is 0 Å². The Hall–Kier alpha value is 1.19. The van der Waals surface area contributed by atoms with Crippen molar-refractivity contribution in [2.75, 3.05) is 0 Å². The fraction of sp³-hybridized carbons (Fsp3) is 1.00. The van der Waals surface area contributed by atoms with Gasteiger partial charge in [0.05, 0.1) is 0 Å². The van der Waals surface area contributed by atoms with Crippen LogP contribution in [-0.2, 0) is 16.5 Å². The monoisotopic (exact) mass is 391 g/mol. The molecule has 2 saturated carbocycles. The Kier molecular flexibility index (Phi) is 4.85. The summed E-state index contributed by atoms with van der Waals surface area (Å²) in [4.78, 5) is 0. The van der Waals surface area contributed by atoms with E-state index in [0.717, 1.165) is 11.8 Å². The van der Waals surface area contributed by atoms with E-state index in [4.69, 9.17) is 30.3 Å². The molecule has 2 aliphatic rings. The van der Waals surface area contributed by atoms with Crippen molar-refractivity contribution in [3.8, 4) is 0 Å². The van der Waals surface area contributed by atoms with Crippen molar-refractivity contribution >= 4 is 18.8 Å². The van der Waals surface area contributed by atoms with Gasteiger partial charge in [0.15, 0.2) is 0 Å². The van der Waals surface area contributed by atoms with Crippen molar-refractivity contribution in [3.05, 3.63) is 0 Å². The van der Waals surface area contributed by atoms with E-state index in [2.05, 4.69) is 0 Å². The SMILES string of the molecule is NC1C(N)[C@H]2CC[C@@H]1C2.[Cl][Pt][Cl]. The summed E-state index contributed by atoms with van der Waals surface area (Å²) in [5.41, 5.74) is 11.7. The van der Waals surface area contributed by atoms with Crippen LogP contribution in [0.5, 0.6) is 0 Å². The van der Waals surface area contributed by atoms with E-state index in [1.807, 2.05) is 0 Å².